The Hall–Kier alpha value is -5.52. The second-order valence-corrected chi connectivity index (χ2v) is 16.2. The summed E-state index contributed by atoms with van der Waals surface area (Å²) < 4.78 is 5.94. The minimum Gasteiger partial charge on any atom is -0.434 e. The summed E-state index contributed by atoms with van der Waals surface area (Å²) in [7, 11) is 3.45. The van der Waals surface area contributed by atoms with Crippen molar-refractivity contribution in [3.63, 3.8) is 0 Å². The summed E-state index contributed by atoms with van der Waals surface area (Å²) >= 11 is 0. The van der Waals surface area contributed by atoms with E-state index in [1.807, 2.05) is 139 Å². The monoisotopic (exact) mass is 748 g/mol. The highest BCUT2D eigenvalue weighted by molar-refractivity contribution is 6.38. The number of ether oxygens (including phenoxy) is 1. The SMILES string of the molecule is CN(Cc1cccc(-c2ccc(NC(OC(=O)C(=O)N(CC(C)(C)C)c3ccc(-c4cccc(CN(C)C(=O)CN)c4)cc3)C(C)(C)C)cc2)c1)C(=O)CN. The zero-order chi connectivity index (χ0) is 40.5. The van der Waals surface area contributed by atoms with Crippen LogP contribution in [0.2, 0.25) is 0 Å². The molecule has 11 nitrogen and oxygen atoms in total. The molecule has 0 aliphatic rings. The molecule has 4 rings (SSSR count). The Kier molecular flexibility index (Phi) is 14.0. The molecule has 1 unspecified atom stereocenters. The minimum absolute atomic E-state index is 0.0370. The third-order valence-electron chi connectivity index (χ3n) is 8.99. The van der Waals surface area contributed by atoms with E-state index in [1.165, 1.54) is 4.90 Å². The van der Waals surface area contributed by atoms with Crippen LogP contribution in [0.25, 0.3) is 22.3 Å². The van der Waals surface area contributed by atoms with Crippen LogP contribution in [0.5, 0.6) is 0 Å². The Bertz CT molecular complexity index is 1950. The van der Waals surface area contributed by atoms with Crippen molar-refractivity contribution in [2.75, 3.05) is 43.9 Å². The summed E-state index contributed by atoms with van der Waals surface area (Å²) in [6, 6.07) is 31.1. The van der Waals surface area contributed by atoms with Gasteiger partial charge in [0.2, 0.25) is 11.8 Å². The summed E-state index contributed by atoms with van der Waals surface area (Å²) in [5.74, 6) is -1.99. The van der Waals surface area contributed by atoms with Crippen molar-refractivity contribution < 1.29 is 23.9 Å². The second kappa shape index (κ2) is 18.2. The number of hydrogen-bond acceptors (Lipinski definition) is 8. The van der Waals surface area contributed by atoms with E-state index in [0.29, 0.717) is 18.8 Å². The van der Waals surface area contributed by atoms with Gasteiger partial charge in [-0.25, -0.2) is 4.79 Å². The predicted octanol–water partition coefficient (Wildman–Crippen LogP) is 6.26. The number of nitrogens with two attached hydrogens (primary N) is 2. The average molecular weight is 749 g/mol. The molecule has 0 saturated heterocycles. The molecule has 55 heavy (non-hydrogen) atoms. The molecule has 0 heterocycles. The summed E-state index contributed by atoms with van der Waals surface area (Å²) in [5.41, 5.74) is 17.2. The lowest BCUT2D eigenvalue weighted by atomic mass is 9.93. The van der Waals surface area contributed by atoms with Crippen molar-refractivity contribution in [3.8, 4) is 22.3 Å². The normalized spacial score (nSPS) is 12.0. The van der Waals surface area contributed by atoms with Crippen LogP contribution >= 0.6 is 0 Å². The number of benzene rings is 4. The standard InChI is InChI=1S/C44H56N6O5/c1-43(2,3)29-50(37-21-17-33(18-22-37)35-14-10-12-31(24-35)28-49(8)39(52)26-46)40(53)41(54)55-42(44(4,5)6)47-36-19-15-32(16-20-36)34-13-9-11-30(23-34)27-48(7)38(51)25-45/h9-24,42,47H,25-29,45-46H2,1-8H3. The number of hydrogen-bond donors (Lipinski definition) is 3. The van der Waals surface area contributed by atoms with Crippen LogP contribution in [-0.4, -0.2) is 73.4 Å². The molecule has 3 amide bonds. The zero-order valence-electron chi connectivity index (χ0n) is 33.4. The molecule has 0 radical (unpaired) electrons. The number of nitrogens with one attached hydrogen (secondary N) is 1. The Labute approximate surface area is 325 Å². The molecule has 4 aromatic carbocycles. The van der Waals surface area contributed by atoms with Crippen LogP contribution in [0, 0.1) is 10.8 Å². The van der Waals surface area contributed by atoms with Crippen LogP contribution in [0.4, 0.5) is 11.4 Å². The van der Waals surface area contributed by atoms with Crippen molar-refractivity contribution in [2.45, 2.75) is 60.9 Å². The van der Waals surface area contributed by atoms with E-state index < -0.39 is 23.5 Å². The van der Waals surface area contributed by atoms with Crippen molar-refractivity contribution in [1.82, 2.24) is 9.80 Å². The lowest BCUT2D eigenvalue weighted by Gasteiger charge is -2.33. The van der Waals surface area contributed by atoms with E-state index in [-0.39, 0.29) is 36.9 Å². The Balaban J connectivity index is 1.49. The van der Waals surface area contributed by atoms with Gasteiger partial charge in [-0.15, -0.1) is 0 Å². The van der Waals surface area contributed by atoms with Gasteiger partial charge >= 0.3 is 11.9 Å². The molecule has 0 aliphatic carbocycles. The van der Waals surface area contributed by atoms with Gasteiger partial charge in [-0.2, -0.15) is 0 Å². The lowest BCUT2D eigenvalue weighted by molar-refractivity contribution is -0.160. The smallest absolute Gasteiger partial charge is 0.399 e. The Morgan fingerprint density at radius 1 is 0.655 bits per heavy atom. The van der Waals surface area contributed by atoms with Gasteiger partial charge in [-0.3, -0.25) is 14.4 Å². The maximum absolute atomic E-state index is 13.9. The Morgan fingerprint density at radius 2 is 1.11 bits per heavy atom. The number of amides is 3. The number of esters is 1. The van der Waals surface area contributed by atoms with Crippen molar-refractivity contribution in [3.05, 3.63) is 108 Å². The average Bonchev–Trinajstić information content (AvgIpc) is 3.15. The molecular weight excluding hydrogens is 693 g/mol. The summed E-state index contributed by atoms with van der Waals surface area (Å²) in [6.07, 6.45) is -0.820. The van der Waals surface area contributed by atoms with Crippen LogP contribution in [0.1, 0.15) is 52.7 Å². The number of anilines is 2. The summed E-state index contributed by atoms with van der Waals surface area (Å²) in [5, 5.41) is 3.32. The molecule has 0 aromatic heterocycles. The van der Waals surface area contributed by atoms with Gasteiger partial charge in [0.25, 0.3) is 0 Å². The zero-order valence-corrected chi connectivity index (χ0v) is 33.4. The lowest BCUT2D eigenvalue weighted by Crippen LogP contribution is -2.46. The summed E-state index contributed by atoms with van der Waals surface area (Å²) in [4.78, 5) is 56.2. The molecular formula is C44H56N6O5. The van der Waals surface area contributed by atoms with Crippen LogP contribution in [-0.2, 0) is 37.0 Å². The maximum atomic E-state index is 13.9. The number of nitrogens with zero attached hydrogens (tertiary/aromatic N) is 3. The molecule has 0 bridgehead atoms. The highest BCUT2D eigenvalue weighted by atomic mass is 16.6. The molecule has 11 heteroatoms. The van der Waals surface area contributed by atoms with Gasteiger partial charge in [-0.1, -0.05) is 102 Å². The number of carbonyl (C=O) groups excluding carboxylic acids is 4. The topological polar surface area (TPSA) is 151 Å². The van der Waals surface area contributed by atoms with Crippen molar-refractivity contribution >= 4 is 35.1 Å². The fourth-order valence-corrected chi connectivity index (χ4v) is 5.92. The number of carbonyl (C=O) groups is 4. The predicted molar refractivity (Wildman–Crippen MR) is 220 cm³/mol. The van der Waals surface area contributed by atoms with E-state index in [2.05, 4.69) is 5.32 Å². The van der Waals surface area contributed by atoms with Gasteiger partial charge in [-0.05, 0) is 75.2 Å². The minimum atomic E-state index is -0.962. The highest BCUT2D eigenvalue weighted by Crippen LogP contribution is 2.30. The fraction of sp³-hybridized carbons (Fsp3) is 0.364. The van der Waals surface area contributed by atoms with Gasteiger partial charge in [0, 0.05) is 50.5 Å². The van der Waals surface area contributed by atoms with Crippen molar-refractivity contribution in [1.29, 1.82) is 0 Å². The third-order valence-corrected chi connectivity index (χ3v) is 8.99. The molecule has 0 fully saturated rings. The largest absolute Gasteiger partial charge is 0.434 e. The fourth-order valence-electron chi connectivity index (χ4n) is 5.92. The van der Waals surface area contributed by atoms with Gasteiger partial charge in [0.15, 0.2) is 6.23 Å². The molecule has 0 spiro atoms. The van der Waals surface area contributed by atoms with Crippen LogP contribution in [0.3, 0.4) is 0 Å². The van der Waals surface area contributed by atoms with Crippen LogP contribution in [0.15, 0.2) is 97.1 Å². The van der Waals surface area contributed by atoms with E-state index >= 15 is 0 Å². The van der Waals surface area contributed by atoms with Crippen molar-refractivity contribution in [2.24, 2.45) is 22.3 Å². The highest BCUT2D eigenvalue weighted by Gasteiger charge is 2.34. The first-order valence-corrected chi connectivity index (χ1v) is 18.4. The number of likely N-dealkylation sites (N-methyl/N-ethyl adjacent to an activating group) is 2. The molecule has 5 N–H and O–H groups in total. The first-order valence-electron chi connectivity index (χ1n) is 18.4. The first-order chi connectivity index (χ1) is 25.9. The first kappa shape index (κ1) is 42.2. The summed E-state index contributed by atoms with van der Waals surface area (Å²) in [6.45, 7) is 12.9. The van der Waals surface area contributed by atoms with Gasteiger partial charge in [0.1, 0.15) is 0 Å². The molecule has 1 atom stereocenters. The molecule has 0 aliphatic heterocycles. The van der Waals surface area contributed by atoms with Crippen LogP contribution < -0.4 is 21.7 Å². The second-order valence-electron chi connectivity index (χ2n) is 16.2. The Morgan fingerprint density at radius 3 is 1.53 bits per heavy atom. The molecule has 0 saturated carbocycles. The van der Waals surface area contributed by atoms with E-state index in [4.69, 9.17) is 16.2 Å². The van der Waals surface area contributed by atoms with E-state index in [9.17, 15) is 19.2 Å². The third kappa shape index (κ3) is 12.0. The van der Waals surface area contributed by atoms with Gasteiger partial charge in [0.05, 0.1) is 13.1 Å². The maximum Gasteiger partial charge on any atom is 0.399 e. The quantitative estimate of drug-likeness (QED) is 0.0824. The van der Waals surface area contributed by atoms with E-state index in [0.717, 1.165) is 39.1 Å². The molecule has 292 valence electrons. The molecule has 4 aromatic rings. The van der Waals surface area contributed by atoms with E-state index in [1.54, 1.807) is 23.9 Å². The van der Waals surface area contributed by atoms with Gasteiger partial charge < -0.3 is 36.2 Å². The number of rotatable bonds is 13.